The minimum atomic E-state index is -0.664. The van der Waals surface area contributed by atoms with Crippen molar-refractivity contribution in [3.63, 3.8) is 0 Å². The molecule has 1 nitrogen and oxygen atoms in total. The SMILES string of the molecule is CCCCc1ccc(C(O)c2cccc(C)c2Cl)cc1. The Hall–Kier alpha value is -1.31. The highest BCUT2D eigenvalue weighted by atomic mass is 35.5. The van der Waals surface area contributed by atoms with E-state index in [4.69, 9.17) is 11.6 Å². The van der Waals surface area contributed by atoms with E-state index in [1.165, 1.54) is 18.4 Å². The van der Waals surface area contributed by atoms with Crippen molar-refractivity contribution in [2.45, 2.75) is 39.2 Å². The van der Waals surface area contributed by atoms with Gasteiger partial charge in [-0.05, 0) is 36.5 Å². The van der Waals surface area contributed by atoms with Crippen molar-refractivity contribution in [1.29, 1.82) is 0 Å². The number of hydrogen-bond acceptors (Lipinski definition) is 1. The van der Waals surface area contributed by atoms with Crippen molar-refractivity contribution in [2.24, 2.45) is 0 Å². The van der Waals surface area contributed by atoms with Gasteiger partial charge in [0.1, 0.15) is 6.10 Å². The fourth-order valence-corrected chi connectivity index (χ4v) is 2.54. The lowest BCUT2D eigenvalue weighted by Crippen LogP contribution is -2.01. The van der Waals surface area contributed by atoms with Crippen LogP contribution < -0.4 is 0 Å². The highest BCUT2D eigenvalue weighted by molar-refractivity contribution is 6.32. The molecule has 0 aliphatic carbocycles. The minimum absolute atomic E-state index is 0.648. The number of aliphatic hydroxyl groups excluding tert-OH is 1. The van der Waals surface area contributed by atoms with Crippen LogP contribution in [0.2, 0.25) is 5.02 Å². The Labute approximate surface area is 126 Å². The Kier molecular flexibility index (Phi) is 5.22. The van der Waals surface area contributed by atoms with Gasteiger partial charge in [-0.1, -0.05) is 67.4 Å². The van der Waals surface area contributed by atoms with Crippen molar-refractivity contribution in [1.82, 2.24) is 0 Å². The zero-order valence-corrected chi connectivity index (χ0v) is 12.8. The first-order valence-electron chi connectivity index (χ1n) is 7.15. The molecule has 0 aromatic heterocycles. The molecule has 0 saturated heterocycles. The number of hydrogen-bond donors (Lipinski definition) is 1. The van der Waals surface area contributed by atoms with Crippen molar-refractivity contribution < 1.29 is 5.11 Å². The Morgan fingerprint density at radius 3 is 2.45 bits per heavy atom. The first kappa shape index (κ1) is 15.1. The number of aryl methyl sites for hydroxylation is 2. The van der Waals surface area contributed by atoms with Crippen LogP contribution in [0.25, 0.3) is 0 Å². The van der Waals surface area contributed by atoms with E-state index in [0.29, 0.717) is 5.02 Å². The molecule has 0 heterocycles. The van der Waals surface area contributed by atoms with Crippen LogP contribution >= 0.6 is 11.6 Å². The van der Waals surface area contributed by atoms with Gasteiger partial charge in [0.05, 0.1) is 0 Å². The summed E-state index contributed by atoms with van der Waals surface area (Å²) >= 11 is 6.28. The largest absolute Gasteiger partial charge is 0.384 e. The quantitative estimate of drug-likeness (QED) is 0.814. The van der Waals surface area contributed by atoms with Crippen molar-refractivity contribution in [3.8, 4) is 0 Å². The number of aliphatic hydroxyl groups is 1. The standard InChI is InChI=1S/C18H21ClO/c1-3-4-7-14-9-11-15(12-10-14)18(20)16-8-5-6-13(2)17(16)19/h5-6,8-12,18,20H,3-4,7H2,1-2H3. The van der Waals surface area contributed by atoms with E-state index in [0.717, 1.165) is 23.1 Å². The second-order valence-corrected chi connectivity index (χ2v) is 5.60. The van der Waals surface area contributed by atoms with Gasteiger partial charge >= 0.3 is 0 Å². The summed E-state index contributed by atoms with van der Waals surface area (Å²) in [5.41, 5.74) is 3.96. The predicted octanol–water partition coefficient (Wildman–Crippen LogP) is 5.07. The molecule has 20 heavy (non-hydrogen) atoms. The summed E-state index contributed by atoms with van der Waals surface area (Å²) in [5.74, 6) is 0. The maximum atomic E-state index is 10.5. The smallest absolute Gasteiger partial charge is 0.105 e. The molecule has 0 fully saturated rings. The highest BCUT2D eigenvalue weighted by Crippen LogP contribution is 2.30. The third-order valence-corrected chi connectivity index (χ3v) is 4.15. The molecule has 0 radical (unpaired) electrons. The zero-order valence-electron chi connectivity index (χ0n) is 12.1. The third kappa shape index (κ3) is 3.41. The highest BCUT2D eigenvalue weighted by Gasteiger charge is 2.14. The molecule has 1 unspecified atom stereocenters. The maximum absolute atomic E-state index is 10.5. The lowest BCUT2D eigenvalue weighted by Gasteiger charge is -2.15. The Bertz CT molecular complexity index is 560. The van der Waals surface area contributed by atoms with Crippen LogP contribution in [0.3, 0.4) is 0 Å². The molecular formula is C18H21ClO. The summed E-state index contributed by atoms with van der Waals surface area (Å²) < 4.78 is 0. The second kappa shape index (κ2) is 6.92. The van der Waals surface area contributed by atoms with E-state index in [1.807, 2.05) is 37.3 Å². The van der Waals surface area contributed by atoms with Crippen LogP contribution in [0, 0.1) is 6.92 Å². The number of halogens is 1. The Balaban J connectivity index is 2.20. The Morgan fingerprint density at radius 1 is 1.10 bits per heavy atom. The first-order valence-corrected chi connectivity index (χ1v) is 7.53. The summed E-state index contributed by atoms with van der Waals surface area (Å²) in [6.45, 7) is 4.14. The van der Waals surface area contributed by atoms with Gasteiger partial charge in [0.25, 0.3) is 0 Å². The average molecular weight is 289 g/mol. The van der Waals surface area contributed by atoms with Crippen LogP contribution in [0.4, 0.5) is 0 Å². The summed E-state index contributed by atoms with van der Waals surface area (Å²) in [6, 6.07) is 13.9. The molecule has 2 heteroatoms. The monoisotopic (exact) mass is 288 g/mol. The summed E-state index contributed by atoms with van der Waals surface area (Å²) in [4.78, 5) is 0. The molecule has 0 spiro atoms. The second-order valence-electron chi connectivity index (χ2n) is 5.23. The molecule has 0 saturated carbocycles. The van der Waals surface area contributed by atoms with E-state index in [2.05, 4.69) is 19.1 Å². The summed E-state index contributed by atoms with van der Waals surface area (Å²) in [7, 11) is 0. The topological polar surface area (TPSA) is 20.2 Å². The van der Waals surface area contributed by atoms with Crippen LogP contribution in [0.15, 0.2) is 42.5 Å². The molecular weight excluding hydrogens is 268 g/mol. The van der Waals surface area contributed by atoms with E-state index < -0.39 is 6.10 Å². The molecule has 0 amide bonds. The molecule has 2 rings (SSSR count). The number of rotatable bonds is 5. The molecule has 106 valence electrons. The van der Waals surface area contributed by atoms with Gasteiger partial charge in [0, 0.05) is 10.6 Å². The molecule has 0 bridgehead atoms. The fourth-order valence-electron chi connectivity index (χ4n) is 2.31. The van der Waals surface area contributed by atoms with Gasteiger partial charge in [0.2, 0.25) is 0 Å². The third-order valence-electron chi connectivity index (χ3n) is 3.63. The van der Waals surface area contributed by atoms with Crippen molar-refractivity contribution in [3.05, 3.63) is 69.7 Å². The van der Waals surface area contributed by atoms with Crippen molar-refractivity contribution in [2.75, 3.05) is 0 Å². The lowest BCUT2D eigenvalue weighted by atomic mass is 9.98. The number of benzene rings is 2. The van der Waals surface area contributed by atoms with Gasteiger partial charge < -0.3 is 5.11 Å². The van der Waals surface area contributed by atoms with Gasteiger partial charge in [-0.25, -0.2) is 0 Å². The van der Waals surface area contributed by atoms with Crippen LogP contribution in [0.5, 0.6) is 0 Å². The normalized spacial score (nSPS) is 12.4. The predicted molar refractivity (Wildman–Crippen MR) is 85.3 cm³/mol. The van der Waals surface area contributed by atoms with Crippen LogP contribution in [-0.4, -0.2) is 5.11 Å². The first-order chi connectivity index (χ1) is 9.63. The molecule has 0 aliphatic heterocycles. The van der Waals surface area contributed by atoms with Gasteiger partial charge in [0.15, 0.2) is 0 Å². The zero-order chi connectivity index (χ0) is 14.5. The molecule has 0 aliphatic rings. The molecule has 1 atom stereocenters. The van der Waals surface area contributed by atoms with Crippen molar-refractivity contribution >= 4 is 11.6 Å². The molecule has 2 aromatic carbocycles. The van der Waals surface area contributed by atoms with Gasteiger partial charge in [-0.3, -0.25) is 0 Å². The molecule has 1 N–H and O–H groups in total. The lowest BCUT2D eigenvalue weighted by molar-refractivity contribution is 0.220. The number of unbranched alkanes of at least 4 members (excludes halogenated alkanes) is 1. The Morgan fingerprint density at radius 2 is 1.80 bits per heavy atom. The minimum Gasteiger partial charge on any atom is -0.384 e. The maximum Gasteiger partial charge on any atom is 0.105 e. The van der Waals surface area contributed by atoms with Crippen LogP contribution in [0.1, 0.15) is 48.1 Å². The average Bonchev–Trinajstić information content (AvgIpc) is 2.48. The van der Waals surface area contributed by atoms with E-state index in [9.17, 15) is 5.11 Å². The molecule has 2 aromatic rings. The summed E-state index contributed by atoms with van der Waals surface area (Å²) in [6.07, 6.45) is 2.83. The van der Waals surface area contributed by atoms with E-state index in [1.54, 1.807) is 0 Å². The van der Waals surface area contributed by atoms with E-state index in [-0.39, 0.29) is 0 Å². The van der Waals surface area contributed by atoms with Crippen LogP contribution in [-0.2, 0) is 6.42 Å². The summed E-state index contributed by atoms with van der Waals surface area (Å²) in [5, 5.41) is 11.1. The fraction of sp³-hybridized carbons (Fsp3) is 0.333. The van der Waals surface area contributed by atoms with Gasteiger partial charge in [-0.2, -0.15) is 0 Å². The van der Waals surface area contributed by atoms with E-state index >= 15 is 0 Å². The van der Waals surface area contributed by atoms with Gasteiger partial charge in [-0.15, -0.1) is 0 Å².